The van der Waals surface area contributed by atoms with E-state index in [1.54, 1.807) is 25.3 Å². The average molecular weight is 354 g/mol. The molecule has 0 atom stereocenters. The van der Waals surface area contributed by atoms with Crippen molar-refractivity contribution in [2.24, 2.45) is 28.8 Å². The normalized spacial score (nSPS) is 32.3. The second kappa shape index (κ2) is 7.17. The van der Waals surface area contributed by atoms with Crippen molar-refractivity contribution in [1.82, 2.24) is 15.7 Å². The molecule has 4 saturated carbocycles. The molecule has 1 heterocycles. The van der Waals surface area contributed by atoms with Gasteiger partial charge in [-0.1, -0.05) is 0 Å². The molecular weight excluding hydrogens is 328 g/mol. The van der Waals surface area contributed by atoms with E-state index in [2.05, 4.69) is 20.8 Å². The number of nitrogens with one attached hydrogen (secondary N) is 2. The Morgan fingerprint density at radius 3 is 2.46 bits per heavy atom. The molecular formula is C20H26N4O2. The first kappa shape index (κ1) is 17.2. The summed E-state index contributed by atoms with van der Waals surface area (Å²) in [5, 5.41) is 7.32. The Labute approximate surface area is 153 Å². The summed E-state index contributed by atoms with van der Waals surface area (Å²) in [6.45, 7) is 1.76. The molecule has 2 N–H and O–H groups in total. The Kier molecular flexibility index (Phi) is 4.74. The van der Waals surface area contributed by atoms with Gasteiger partial charge in [-0.05, 0) is 74.8 Å². The van der Waals surface area contributed by atoms with Crippen molar-refractivity contribution in [3.05, 3.63) is 30.1 Å². The van der Waals surface area contributed by atoms with Crippen LogP contribution < -0.4 is 10.7 Å². The summed E-state index contributed by atoms with van der Waals surface area (Å²) in [5.74, 6) is 2.82. The van der Waals surface area contributed by atoms with E-state index in [1.165, 1.54) is 38.3 Å². The first-order chi connectivity index (χ1) is 12.6. The second-order valence-corrected chi connectivity index (χ2v) is 8.23. The van der Waals surface area contributed by atoms with Gasteiger partial charge in [0, 0.05) is 24.1 Å². The van der Waals surface area contributed by atoms with Crippen LogP contribution in [0.3, 0.4) is 0 Å². The first-order valence-electron chi connectivity index (χ1n) is 9.61. The summed E-state index contributed by atoms with van der Waals surface area (Å²) in [7, 11) is 0. The van der Waals surface area contributed by atoms with Crippen molar-refractivity contribution < 1.29 is 9.59 Å². The summed E-state index contributed by atoms with van der Waals surface area (Å²) >= 11 is 0. The van der Waals surface area contributed by atoms with Gasteiger partial charge in [-0.2, -0.15) is 5.10 Å². The fraction of sp³-hybridized carbons (Fsp3) is 0.600. The van der Waals surface area contributed by atoms with E-state index in [1.807, 2.05) is 0 Å². The third kappa shape index (κ3) is 3.64. The number of amides is 2. The molecule has 0 spiro atoms. The molecule has 2 amide bonds. The van der Waals surface area contributed by atoms with Crippen LogP contribution in [0.5, 0.6) is 0 Å². The number of aromatic nitrogens is 1. The molecule has 0 aliphatic heterocycles. The van der Waals surface area contributed by atoms with Crippen LogP contribution in [0, 0.1) is 23.7 Å². The number of hydrazone groups is 1. The summed E-state index contributed by atoms with van der Waals surface area (Å²) in [6.07, 6.45) is 9.86. The Morgan fingerprint density at radius 2 is 1.85 bits per heavy atom. The summed E-state index contributed by atoms with van der Waals surface area (Å²) in [4.78, 5) is 28.3. The maximum absolute atomic E-state index is 12.4. The van der Waals surface area contributed by atoms with E-state index in [9.17, 15) is 9.59 Å². The monoisotopic (exact) mass is 354 g/mol. The molecule has 138 valence electrons. The fourth-order valence-electron chi connectivity index (χ4n) is 5.38. The van der Waals surface area contributed by atoms with Gasteiger partial charge in [0.05, 0.1) is 12.0 Å². The van der Waals surface area contributed by atoms with Gasteiger partial charge in [0.1, 0.15) is 0 Å². The Hall–Kier alpha value is -2.24. The average Bonchev–Trinajstić information content (AvgIpc) is 2.63. The van der Waals surface area contributed by atoms with Crippen LogP contribution in [0.15, 0.2) is 29.6 Å². The number of pyridine rings is 1. The van der Waals surface area contributed by atoms with E-state index in [-0.39, 0.29) is 18.2 Å². The molecule has 4 bridgehead atoms. The van der Waals surface area contributed by atoms with E-state index in [0.717, 1.165) is 11.8 Å². The van der Waals surface area contributed by atoms with Gasteiger partial charge in [-0.25, -0.2) is 5.43 Å². The van der Waals surface area contributed by atoms with Crippen LogP contribution >= 0.6 is 0 Å². The molecule has 5 rings (SSSR count). The molecule has 26 heavy (non-hydrogen) atoms. The highest BCUT2D eigenvalue weighted by atomic mass is 16.2. The third-order valence-corrected chi connectivity index (χ3v) is 6.24. The predicted molar refractivity (Wildman–Crippen MR) is 98.4 cm³/mol. The molecule has 1 aromatic heterocycles. The largest absolute Gasteiger partial charge is 0.352 e. The maximum atomic E-state index is 12.4. The van der Waals surface area contributed by atoms with Crippen LogP contribution in [0.4, 0.5) is 0 Å². The zero-order valence-electron chi connectivity index (χ0n) is 15.1. The molecule has 4 fully saturated rings. The maximum Gasteiger partial charge on any atom is 0.272 e. The summed E-state index contributed by atoms with van der Waals surface area (Å²) in [6, 6.07) is 3.71. The van der Waals surface area contributed by atoms with E-state index >= 15 is 0 Å². The first-order valence-corrected chi connectivity index (χ1v) is 9.61. The van der Waals surface area contributed by atoms with Crippen molar-refractivity contribution in [1.29, 1.82) is 0 Å². The van der Waals surface area contributed by atoms with Gasteiger partial charge in [0.2, 0.25) is 5.91 Å². The number of carbonyl (C=O) groups excluding carboxylic acids is 2. The van der Waals surface area contributed by atoms with Gasteiger partial charge in [0.25, 0.3) is 5.91 Å². The minimum Gasteiger partial charge on any atom is -0.352 e. The van der Waals surface area contributed by atoms with Gasteiger partial charge < -0.3 is 5.32 Å². The van der Waals surface area contributed by atoms with E-state index < -0.39 is 0 Å². The van der Waals surface area contributed by atoms with Crippen molar-refractivity contribution in [2.45, 2.75) is 51.5 Å². The SMILES string of the molecule is CC(CC(=O)NC1C2CC3CC(C2)CC1C3)=NNC(=O)c1cccnc1. The number of hydrogen-bond acceptors (Lipinski definition) is 4. The predicted octanol–water partition coefficient (Wildman–Crippen LogP) is 2.52. The molecule has 4 aliphatic carbocycles. The molecule has 0 radical (unpaired) electrons. The quantitative estimate of drug-likeness (QED) is 0.629. The van der Waals surface area contributed by atoms with Crippen LogP contribution in [0.2, 0.25) is 0 Å². The van der Waals surface area contributed by atoms with Crippen LogP contribution in [0.1, 0.15) is 55.8 Å². The third-order valence-electron chi connectivity index (χ3n) is 6.24. The highest BCUT2D eigenvalue weighted by Gasteiger charge is 2.48. The lowest BCUT2D eigenvalue weighted by Gasteiger charge is -2.54. The zero-order chi connectivity index (χ0) is 18.1. The summed E-state index contributed by atoms with van der Waals surface area (Å²) < 4.78 is 0. The number of carbonyl (C=O) groups is 2. The topological polar surface area (TPSA) is 83.5 Å². The van der Waals surface area contributed by atoms with E-state index in [4.69, 9.17) is 0 Å². The molecule has 1 aromatic rings. The van der Waals surface area contributed by atoms with Gasteiger partial charge in [-0.3, -0.25) is 14.6 Å². The minimum atomic E-state index is -0.320. The smallest absolute Gasteiger partial charge is 0.272 e. The Balaban J connectivity index is 1.28. The van der Waals surface area contributed by atoms with Gasteiger partial charge in [-0.15, -0.1) is 0 Å². The van der Waals surface area contributed by atoms with Crippen LogP contribution in [-0.4, -0.2) is 28.6 Å². The standard InChI is InChI=1S/C20H26N4O2/c1-12(23-24-20(26)15-3-2-4-21-11-15)5-18(25)22-19-16-7-13-6-14(9-16)10-17(19)8-13/h2-4,11,13-14,16-17,19H,5-10H2,1H3,(H,22,25)(H,24,26). The lowest BCUT2D eigenvalue weighted by molar-refractivity contribution is -0.123. The van der Waals surface area contributed by atoms with Gasteiger partial charge in [0.15, 0.2) is 0 Å². The second-order valence-electron chi connectivity index (χ2n) is 8.23. The highest BCUT2D eigenvalue weighted by Crippen LogP contribution is 2.53. The van der Waals surface area contributed by atoms with Crippen molar-refractivity contribution in [3.8, 4) is 0 Å². The van der Waals surface area contributed by atoms with E-state index in [0.29, 0.717) is 29.2 Å². The Bertz CT molecular complexity index is 688. The lowest BCUT2D eigenvalue weighted by Crippen LogP contribution is -2.56. The van der Waals surface area contributed by atoms with Crippen molar-refractivity contribution >= 4 is 17.5 Å². The van der Waals surface area contributed by atoms with Gasteiger partial charge >= 0.3 is 0 Å². The minimum absolute atomic E-state index is 0.0133. The highest BCUT2D eigenvalue weighted by molar-refractivity contribution is 6.01. The lowest BCUT2D eigenvalue weighted by atomic mass is 9.54. The Morgan fingerprint density at radius 1 is 1.15 bits per heavy atom. The number of hydrogen-bond donors (Lipinski definition) is 2. The van der Waals surface area contributed by atoms with Crippen molar-refractivity contribution in [3.63, 3.8) is 0 Å². The van der Waals surface area contributed by atoms with Crippen molar-refractivity contribution in [2.75, 3.05) is 0 Å². The number of rotatable bonds is 5. The zero-order valence-corrected chi connectivity index (χ0v) is 15.1. The van der Waals surface area contributed by atoms with Crippen LogP contribution in [0.25, 0.3) is 0 Å². The molecule has 0 unspecified atom stereocenters. The van der Waals surface area contributed by atoms with Crippen LogP contribution in [-0.2, 0) is 4.79 Å². The summed E-state index contributed by atoms with van der Waals surface area (Å²) in [5.41, 5.74) is 3.54. The molecule has 0 saturated heterocycles. The molecule has 0 aromatic carbocycles. The molecule has 6 nitrogen and oxygen atoms in total. The molecule has 6 heteroatoms. The molecule has 4 aliphatic rings. The number of nitrogens with zero attached hydrogens (tertiary/aromatic N) is 2. The fourth-order valence-corrected chi connectivity index (χ4v) is 5.38.